The first kappa shape index (κ1) is 26.7. The molecule has 0 aliphatic carbocycles. The molecule has 2 aromatic carbocycles. The van der Waals surface area contributed by atoms with Crippen LogP contribution in [0.4, 0.5) is 5.69 Å². The van der Waals surface area contributed by atoms with E-state index in [4.69, 9.17) is 24.7 Å². The van der Waals surface area contributed by atoms with Crippen molar-refractivity contribution >= 4 is 17.6 Å². The minimum absolute atomic E-state index is 0.0152. The van der Waals surface area contributed by atoms with Gasteiger partial charge in [-0.2, -0.15) is 5.26 Å². The van der Waals surface area contributed by atoms with E-state index in [9.17, 15) is 14.9 Å². The molecule has 0 saturated carbocycles. The number of anilines is 1. The summed E-state index contributed by atoms with van der Waals surface area (Å²) in [6.45, 7) is 4.03. The fourth-order valence-electron chi connectivity index (χ4n) is 4.64. The maximum Gasteiger partial charge on any atom is 0.355 e. The summed E-state index contributed by atoms with van der Waals surface area (Å²) >= 11 is 0. The Morgan fingerprint density at radius 2 is 1.68 bits per heavy atom. The van der Waals surface area contributed by atoms with Gasteiger partial charge in [0, 0.05) is 19.6 Å². The Balaban J connectivity index is 1.83. The highest BCUT2D eigenvalue weighted by Crippen LogP contribution is 2.45. The lowest BCUT2D eigenvalue weighted by Crippen LogP contribution is -2.41. The van der Waals surface area contributed by atoms with E-state index in [2.05, 4.69) is 11.0 Å². The summed E-state index contributed by atoms with van der Waals surface area (Å²) in [6.07, 6.45) is 0. The molecule has 1 atom stereocenters. The van der Waals surface area contributed by atoms with Gasteiger partial charge in [0.05, 0.1) is 56.3 Å². The Morgan fingerprint density at radius 1 is 1.03 bits per heavy atom. The highest BCUT2D eigenvalue weighted by atomic mass is 16.5. The van der Waals surface area contributed by atoms with Crippen LogP contribution in [-0.4, -0.2) is 70.5 Å². The molecule has 0 bridgehead atoms. The average molecular weight is 519 g/mol. The molecule has 0 amide bonds. The van der Waals surface area contributed by atoms with Crippen molar-refractivity contribution in [3.63, 3.8) is 0 Å². The number of nitrogens with two attached hydrogens (primary N) is 1. The summed E-state index contributed by atoms with van der Waals surface area (Å²) in [7, 11) is 2.43. The second-order valence-corrected chi connectivity index (χ2v) is 8.61. The number of benzene rings is 2. The Kier molecular flexibility index (Phi) is 8.63. The molecule has 10 heteroatoms. The number of allylic oxidation sites excluding steroid dienone is 1. The standard InChI is InChI=1S/C28H30N4O6/c1-35-27(33)24-23(19-8-4-3-5-9-19)20(18-29)26(30)32(25(24)28(34)36-2)21-10-6-7-11-22(21)38-17-14-31-12-15-37-16-13-31/h3-11,23H,12-17,30H2,1-2H3. The highest BCUT2D eigenvalue weighted by Gasteiger charge is 2.43. The largest absolute Gasteiger partial charge is 0.490 e. The molecule has 0 spiro atoms. The van der Waals surface area contributed by atoms with Crippen LogP contribution in [0, 0.1) is 11.3 Å². The molecule has 2 heterocycles. The van der Waals surface area contributed by atoms with Crippen molar-refractivity contribution in [2.45, 2.75) is 5.92 Å². The summed E-state index contributed by atoms with van der Waals surface area (Å²) in [5.41, 5.74) is 7.48. The zero-order valence-corrected chi connectivity index (χ0v) is 21.4. The number of carbonyl (C=O) groups is 2. The van der Waals surface area contributed by atoms with Gasteiger partial charge in [0.2, 0.25) is 0 Å². The van der Waals surface area contributed by atoms with Crippen LogP contribution in [0.3, 0.4) is 0 Å². The van der Waals surface area contributed by atoms with E-state index >= 15 is 0 Å². The van der Waals surface area contributed by atoms with E-state index in [0.717, 1.165) is 13.1 Å². The SMILES string of the molecule is COC(=O)C1=C(C(=O)OC)N(c2ccccc2OCCN2CCOCC2)C(N)=C(C#N)C1c1ccccc1. The van der Waals surface area contributed by atoms with E-state index in [-0.39, 0.29) is 22.7 Å². The van der Waals surface area contributed by atoms with Crippen LogP contribution in [0.2, 0.25) is 0 Å². The minimum atomic E-state index is -0.937. The van der Waals surface area contributed by atoms with Gasteiger partial charge in [0.25, 0.3) is 0 Å². The second-order valence-electron chi connectivity index (χ2n) is 8.61. The predicted molar refractivity (Wildman–Crippen MR) is 139 cm³/mol. The van der Waals surface area contributed by atoms with Crippen LogP contribution in [0.1, 0.15) is 11.5 Å². The minimum Gasteiger partial charge on any atom is -0.490 e. The molecule has 10 nitrogen and oxygen atoms in total. The van der Waals surface area contributed by atoms with Gasteiger partial charge in [-0.15, -0.1) is 0 Å². The number of ether oxygens (including phenoxy) is 4. The lowest BCUT2D eigenvalue weighted by Gasteiger charge is -2.36. The maximum absolute atomic E-state index is 13.3. The molecule has 38 heavy (non-hydrogen) atoms. The van der Waals surface area contributed by atoms with Crippen molar-refractivity contribution in [3.8, 4) is 11.8 Å². The Hall–Kier alpha value is -4.33. The van der Waals surface area contributed by atoms with Crippen LogP contribution < -0.4 is 15.4 Å². The van der Waals surface area contributed by atoms with E-state index in [1.54, 1.807) is 48.5 Å². The summed E-state index contributed by atoms with van der Waals surface area (Å²) < 4.78 is 21.7. The van der Waals surface area contributed by atoms with E-state index < -0.39 is 17.9 Å². The third kappa shape index (κ3) is 5.34. The molecule has 2 aromatic rings. The van der Waals surface area contributed by atoms with E-state index in [1.807, 2.05) is 6.07 Å². The van der Waals surface area contributed by atoms with Gasteiger partial charge < -0.3 is 24.7 Å². The number of hydrogen-bond acceptors (Lipinski definition) is 10. The Labute approximate surface area is 221 Å². The fourth-order valence-corrected chi connectivity index (χ4v) is 4.64. The number of esters is 2. The molecule has 2 aliphatic rings. The first-order valence-corrected chi connectivity index (χ1v) is 12.2. The third-order valence-corrected chi connectivity index (χ3v) is 6.49. The lowest BCUT2D eigenvalue weighted by atomic mass is 9.81. The molecular weight excluding hydrogens is 488 g/mol. The van der Waals surface area contributed by atoms with Gasteiger partial charge in [-0.1, -0.05) is 42.5 Å². The summed E-state index contributed by atoms with van der Waals surface area (Å²) in [5, 5.41) is 10.2. The summed E-state index contributed by atoms with van der Waals surface area (Å²) in [6, 6.07) is 18.0. The first-order valence-electron chi connectivity index (χ1n) is 12.2. The van der Waals surface area contributed by atoms with E-state index in [1.165, 1.54) is 19.1 Å². The second kappa shape index (κ2) is 12.3. The monoisotopic (exact) mass is 518 g/mol. The predicted octanol–water partition coefficient (Wildman–Crippen LogP) is 2.30. The molecule has 0 radical (unpaired) electrons. The van der Waals surface area contributed by atoms with Crippen molar-refractivity contribution < 1.29 is 28.5 Å². The van der Waals surface area contributed by atoms with Crippen molar-refractivity contribution in [1.29, 1.82) is 5.26 Å². The van der Waals surface area contributed by atoms with Gasteiger partial charge in [0.1, 0.15) is 23.9 Å². The van der Waals surface area contributed by atoms with Crippen LogP contribution in [0.15, 0.2) is 77.3 Å². The topological polar surface area (TPSA) is 127 Å². The Morgan fingerprint density at radius 3 is 2.34 bits per heavy atom. The highest BCUT2D eigenvalue weighted by molar-refractivity contribution is 6.06. The zero-order valence-electron chi connectivity index (χ0n) is 21.4. The number of rotatable bonds is 8. The van der Waals surface area contributed by atoms with Crippen LogP contribution >= 0.6 is 0 Å². The average Bonchev–Trinajstić information content (AvgIpc) is 2.97. The molecule has 198 valence electrons. The molecule has 0 aromatic heterocycles. The summed E-state index contributed by atoms with van der Waals surface area (Å²) in [4.78, 5) is 30.1. The van der Waals surface area contributed by atoms with Gasteiger partial charge in [-0.3, -0.25) is 9.80 Å². The van der Waals surface area contributed by atoms with Gasteiger partial charge in [-0.05, 0) is 17.7 Å². The van der Waals surface area contributed by atoms with Crippen LogP contribution in [0.5, 0.6) is 5.75 Å². The quantitative estimate of drug-likeness (QED) is 0.520. The zero-order chi connectivity index (χ0) is 27.1. The van der Waals surface area contributed by atoms with Gasteiger partial charge in [0.15, 0.2) is 0 Å². The van der Waals surface area contributed by atoms with Crippen LogP contribution in [0.25, 0.3) is 0 Å². The Bertz CT molecular complexity index is 1280. The van der Waals surface area contributed by atoms with Crippen molar-refractivity contribution in [2.75, 3.05) is 58.6 Å². The maximum atomic E-state index is 13.3. The summed E-state index contributed by atoms with van der Waals surface area (Å²) in [5.74, 6) is -2.12. The fraction of sp³-hybridized carbons (Fsp3) is 0.321. The smallest absolute Gasteiger partial charge is 0.355 e. The third-order valence-electron chi connectivity index (χ3n) is 6.49. The number of hydrogen-bond donors (Lipinski definition) is 1. The lowest BCUT2D eigenvalue weighted by molar-refractivity contribution is -0.139. The molecule has 2 aliphatic heterocycles. The van der Waals surface area contributed by atoms with E-state index in [0.29, 0.717) is 43.4 Å². The molecular formula is C28H30N4O6. The van der Waals surface area contributed by atoms with Crippen molar-refractivity contribution in [2.24, 2.45) is 5.73 Å². The number of carbonyl (C=O) groups excluding carboxylic acids is 2. The van der Waals surface area contributed by atoms with Crippen molar-refractivity contribution in [3.05, 3.63) is 82.8 Å². The molecule has 4 rings (SSSR count). The molecule has 1 saturated heterocycles. The number of methoxy groups -OCH3 is 2. The number of morpholine rings is 1. The first-order chi connectivity index (χ1) is 18.5. The van der Waals surface area contributed by atoms with Crippen LogP contribution in [-0.2, 0) is 23.8 Å². The number of nitrogens with zero attached hydrogens (tertiary/aromatic N) is 3. The number of nitriles is 1. The number of para-hydroxylation sites is 2. The van der Waals surface area contributed by atoms with Gasteiger partial charge in [-0.25, -0.2) is 9.59 Å². The molecule has 2 N–H and O–H groups in total. The molecule has 1 unspecified atom stereocenters. The van der Waals surface area contributed by atoms with Gasteiger partial charge >= 0.3 is 11.9 Å². The molecule has 1 fully saturated rings. The normalized spacial score (nSPS) is 18.1. The van der Waals surface area contributed by atoms with Crippen molar-refractivity contribution in [1.82, 2.24) is 4.90 Å².